The maximum Gasteiger partial charge on any atom is 0.268 e. The van der Waals surface area contributed by atoms with Crippen LogP contribution in [0, 0.1) is 0 Å². The second-order valence-electron chi connectivity index (χ2n) is 10.5. The Hall–Kier alpha value is -3.55. The first-order valence-electron chi connectivity index (χ1n) is 13.4. The van der Waals surface area contributed by atoms with Gasteiger partial charge in [-0.15, -0.1) is 0 Å². The van der Waals surface area contributed by atoms with E-state index in [-0.39, 0.29) is 28.2 Å². The molecule has 0 saturated carbocycles. The Morgan fingerprint density at radius 2 is 1.50 bits per heavy atom. The van der Waals surface area contributed by atoms with Crippen LogP contribution in [0.4, 0.5) is 0 Å². The van der Waals surface area contributed by atoms with E-state index >= 15 is 0 Å². The van der Waals surface area contributed by atoms with E-state index in [1.54, 1.807) is 0 Å². The molecule has 16 heteroatoms. The summed E-state index contributed by atoms with van der Waals surface area (Å²) in [6.45, 7) is -1.86. The number of ether oxygens (including phenoxy) is 4. The topological polar surface area (TPSA) is 269 Å². The summed E-state index contributed by atoms with van der Waals surface area (Å²) in [6.07, 6.45) is -17.7. The van der Waals surface area contributed by atoms with Crippen molar-refractivity contribution in [2.24, 2.45) is 0 Å². The van der Waals surface area contributed by atoms with E-state index in [4.69, 9.17) is 23.4 Å². The molecule has 5 rings (SSSR count). The first-order chi connectivity index (χ1) is 20.9. The molecule has 3 heterocycles. The van der Waals surface area contributed by atoms with Crippen molar-refractivity contribution in [3.63, 3.8) is 0 Å². The molecular weight excluding hydrogens is 592 g/mol. The van der Waals surface area contributed by atoms with Crippen molar-refractivity contribution in [3.8, 4) is 34.3 Å². The predicted octanol–water partition coefficient (Wildman–Crippen LogP) is -2.73. The molecule has 0 unspecified atom stereocenters. The summed E-state index contributed by atoms with van der Waals surface area (Å²) in [5.74, 6) is -4.07. The number of hydrogen-bond donors (Lipinski definition) is 10. The standard InChI is InChI=1S/C28H32O16/c1-40-15-4-10(2-3-12(15)32)14-7-13(33)20-16(41-14)5-11(31)6-17(20)43-28(26(39)24(37)22(35)19(9-30)44-28)27-25(38)23(36)21(34)18(8-29)42-27/h2-7,18-19,21-27,29-32,34-39H,8-9H2,1H3/t18-,19-,21+,22-,23+,24-,25-,26-,27-,28+/m0/s1. The van der Waals surface area contributed by atoms with Crippen LogP contribution >= 0.6 is 0 Å². The minimum atomic E-state index is -2.86. The lowest BCUT2D eigenvalue weighted by atomic mass is 9.83. The van der Waals surface area contributed by atoms with Crippen molar-refractivity contribution in [1.29, 1.82) is 0 Å². The fraction of sp³-hybridized carbons (Fsp3) is 0.464. The molecule has 2 aliphatic rings. The minimum absolute atomic E-state index is 0.0196. The largest absolute Gasteiger partial charge is 0.508 e. The number of benzene rings is 2. The molecule has 2 aliphatic heterocycles. The number of aromatic hydroxyl groups is 2. The SMILES string of the molecule is COc1cc(-c2cc(=O)c3c(O[C@@]4([C@H]5O[C@@H](CO)[C@@H](O)[C@@H](O)[C@@H]5O)O[C@@H](CO)[C@H](O)[C@H](O)[C@@H]4O)cc(O)cc3o2)ccc1O. The predicted molar refractivity (Wildman–Crippen MR) is 145 cm³/mol. The summed E-state index contributed by atoms with van der Waals surface area (Å²) in [4.78, 5) is 13.5. The fourth-order valence-corrected chi connectivity index (χ4v) is 5.44. The number of phenols is 2. The van der Waals surface area contributed by atoms with Crippen LogP contribution in [0.3, 0.4) is 0 Å². The average Bonchev–Trinajstić information content (AvgIpc) is 3.00. The van der Waals surface area contributed by atoms with Crippen LogP contribution in [-0.2, 0) is 9.47 Å². The van der Waals surface area contributed by atoms with Gasteiger partial charge in [0.2, 0.25) is 0 Å². The van der Waals surface area contributed by atoms with Crippen LogP contribution in [0.2, 0.25) is 0 Å². The Balaban J connectivity index is 1.68. The molecule has 0 aliphatic carbocycles. The minimum Gasteiger partial charge on any atom is -0.508 e. The van der Waals surface area contributed by atoms with Crippen LogP contribution in [0.1, 0.15) is 0 Å². The molecule has 0 bridgehead atoms. The molecule has 0 radical (unpaired) electrons. The summed E-state index contributed by atoms with van der Waals surface area (Å²) in [6, 6.07) is 7.16. The summed E-state index contributed by atoms with van der Waals surface area (Å²) in [5.41, 5.74) is -0.726. The van der Waals surface area contributed by atoms with Gasteiger partial charge in [-0.25, -0.2) is 0 Å². The van der Waals surface area contributed by atoms with Gasteiger partial charge in [0.1, 0.15) is 71.0 Å². The van der Waals surface area contributed by atoms with Crippen LogP contribution in [0.15, 0.2) is 45.6 Å². The molecule has 1 aromatic heterocycles. The molecule has 2 fully saturated rings. The van der Waals surface area contributed by atoms with Gasteiger partial charge in [-0.05, 0) is 18.2 Å². The quantitative estimate of drug-likeness (QED) is 0.128. The fourth-order valence-electron chi connectivity index (χ4n) is 5.44. The van der Waals surface area contributed by atoms with E-state index in [1.165, 1.54) is 25.3 Å². The maximum absolute atomic E-state index is 13.5. The highest BCUT2D eigenvalue weighted by molar-refractivity contribution is 5.86. The van der Waals surface area contributed by atoms with Gasteiger partial charge in [0.25, 0.3) is 5.79 Å². The van der Waals surface area contributed by atoms with Gasteiger partial charge in [0.15, 0.2) is 29.1 Å². The highest BCUT2D eigenvalue weighted by Gasteiger charge is 2.65. The molecular formula is C28H32O16. The van der Waals surface area contributed by atoms with Crippen molar-refractivity contribution >= 4 is 11.0 Å². The lowest BCUT2D eigenvalue weighted by Gasteiger charge is -2.54. The molecule has 2 saturated heterocycles. The van der Waals surface area contributed by atoms with E-state index in [0.29, 0.717) is 5.56 Å². The molecule has 240 valence electrons. The highest BCUT2D eigenvalue weighted by Crippen LogP contribution is 2.43. The Bertz CT molecular complexity index is 1550. The first-order valence-corrected chi connectivity index (χ1v) is 13.4. The van der Waals surface area contributed by atoms with Crippen LogP contribution < -0.4 is 14.9 Å². The first kappa shape index (κ1) is 31.9. The van der Waals surface area contributed by atoms with E-state index in [1.807, 2.05) is 0 Å². The molecule has 0 amide bonds. The number of aliphatic hydroxyl groups is 8. The van der Waals surface area contributed by atoms with Gasteiger partial charge >= 0.3 is 0 Å². The number of rotatable bonds is 7. The molecule has 44 heavy (non-hydrogen) atoms. The Morgan fingerprint density at radius 3 is 2.16 bits per heavy atom. The number of methoxy groups -OCH3 is 1. The van der Waals surface area contributed by atoms with Crippen molar-refractivity contribution < 1.29 is 74.4 Å². The third-order valence-electron chi connectivity index (χ3n) is 7.78. The highest BCUT2D eigenvalue weighted by atomic mass is 16.7. The van der Waals surface area contributed by atoms with Gasteiger partial charge in [0.05, 0.1) is 20.3 Å². The Kier molecular flexibility index (Phi) is 8.76. The monoisotopic (exact) mass is 624 g/mol. The number of fused-ring (bicyclic) bond motifs is 1. The van der Waals surface area contributed by atoms with Gasteiger partial charge in [-0.2, -0.15) is 0 Å². The van der Waals surface area contributed by atoms with Gasteiger partial charge in [0, 0.05) is 23.8 Å². The van der Waals surface area contributed by atoms with E-state index in [2.05, 4.69) is 0 Å². The van der Waals surface area contributed by atoms with Crippen molar-refractivity contribution in [3.05, 3.63) is 46.6 Å². The van der Waals surface area contributed by atoms with Crippen molar-refractivity contribution in [1.82, 2.24) is 0 Å². The number of aliphatic hydroxyl groups excluding tert-OH is 8. The maximum atomic E-state index is 13.5. The molecule has 3 aromatic rings. The molecule has 16 nitrogen and oxygen atoms in total. The molecule has 0 spiro atoms. The third kappa shape index (κ3) is 5.24. The Morgan fingerprint density at radius 1 is 0.818 bits per heavy atom. The zero-order valence-corrected chi connectivity index (χ0v) is 23.0. The summed E-state index contributed by atoms with van der Waals surface area (Å²) in [5, 5.41) is 104. The zero-order chi connectivity index (χ0) is 32.1. The van der Waals surface area contributed by atoms with E-state index < -0.39 is 90.9 Å². The molecule has 2 aromatic carbocycles. The number of hydrogen-bond acceptors (Lipinski definition) is 16. The number of phenolic OH excluding ortho intramolecular Hbond substituents is 2. The third-order valence-corrected chi connectivity index (χ3v) is 7.78. The second kappa shape index (κ2) is 12.1. The second-order valence-corrected chi connectivity index (χ2v) is 10.5. The summed E-state index contributed by atoms with van der Waals surface area (Å²) >= 11 is 0. The summed E-state index contributed by atoms with van der Waals surface area (Å²) in [7, 11) is 1.32. The van der Waals surface area contributed by atoms with Crippen molar-refractivity contribution in [2.75, 3.05) is 20.3 Å². The molecule has 10 atom stereocenters. The summed E-state index contributed by atoms with van der Waals surface area (Å²) < 4.78 is 28.2. The van der Waals surface area contributed by atoms with E-state index in [0.717, 1.165) is 18.2 Å². The smallest absolute Gasteiger partial charge is 0.268 e. The van der Waals surface area contributed by atoms with Gasteiger partial charge in [-0.3, -0.25) is 4.79 Å². The Labute approximate surface area is 247 Å². The van der Waals surface area contributed by atoms with Crippen LogP contribution in [0.25, 0.3) is 22.3 Å². The van der Waals surface area contributed by atoms with Gasteiger partial charge in [-0.1, -0.05) is 0 Å². The normalized spacial score (nSPS) is 34.2. The van der Waals surface area contributed by atoms with Crippen LogP contribution in [-0.4, -0.2) is 132 Å². The lowest BCUT2D eigenvalue weighted by molar-refractivity contribution is -0.396. The average molecular weight is 625 g/mol. The van der Waals surface area contributed by atoms with E-state index in [9.17, 15) is 55.9 Å². The van der Waals surface area contributed by atoms with Crippen molar-refractivity contribution in [2.45, 2.75) is 60.7 Å². The van der Waals surface area contributed by atoms with Crippen LogP contribution in [0.5, 0.6) is 23.0 Å². The zero-order valence-electron chi connectivity index (χ0n) is 23.0. The van der Waals surface area contributed by atoms with Gasteiger partial charge < -0.3 is 74.4 Å². The molecule has 10 N–H and O–H groups in total. The lowest BCUT2D eigenvalue weighted by Crippen LogP contribution is -2.77.